The van der Waals surface area contributed by atoms with Crippen LogP contribution in [-0.4, -0.2) is 19.6 Å². The van der Waals surface area contributed by atoms with Crippen LogP contribution in [0.2, 0.25) is 0 Å². The number of hydrogen-bond acceptors (Lipinski definition) is 4. The molecule has 11 rings (SSSR count). The van der Waals surface area contributed by atoms with Crippen molar-refractivity contribution in [2.75, 3.05) is 0 Å². The highest BCUT2D eigenvalue weighted by atomic mass is 32.1. The van der Waals surface area contributed by atoms with E-state index in [1.807, 2.05) is 17.4 Å². The minimum absolute atomic E-state index is 0.697. The minimum Gasteiger partial charge on any atom is -0.231 e. The molecule has 0 saturated carbocycles. The van der Waals surface area contributed by atoms with Crippen LogP contribution >= 0.6 is 11.3 Å². The third-order valence-electron chi connectivity index (χ3n) is 10.6. The summed E-state index contributed by atoms with van der Waals surface area (Å²) in [5, 5.41) is 10.3. The van der Waals surface area contributed by atoms with E-state index in [1.54, 1.807) is 0 Å². The second-order valence-electron chi connectivity index (χ2n) is 14.1. The van der Waals surface area contributed by atoms with Gasteiger partial charge in [-0.15, -0.1) is 11.3 Å². The second-order valence-corrected chi connectivity index (χ2v) is 15.1. The molecule has 5 heteroatoms. The maximum absolute atomic E-state index is 5.48. The average Bonchev–Trinajstić information content (AvgIpc) is 3.86. The standard InChI is InChI=1S/C51H32N4S/c1-4-15-33(16-5-1)43-32-44(53-51(52-43)39-27-28-42-41-25-12-13-26-46(41)56-47(42)31-39)37-22-14-23-38(29-37)49-48(35-19-8-3-9-20-35)50-40-24-11-10-21-36(40)30-45(55(50)54-49)34-17-6-2-7-18-34/h1-32H. The van der Waals surface area contributed by atoms with Crippen LogP contribution in [0.25, 0.3) is 104 Å². The number of nitrogens with zero attached hydrogens (tertiary/aromatic N) is 4. The van der Waals surface area contributed by atoms with Gasteiger partial charge in [0, 0.05) is 58.9 Å². The van der Waals surface area contributed by atoms with Gasteiger partial charge in [-0.2, -0.15) is 5.10 Å². The molecule has 0 spiro atoms. The smallest absolute Gasteiger partial charge is 0.160 e. The van der Waals surface area contributed by atoms with Crippen LogP contribution in [0.5, 0.6) is 0 Å². The summed E-state index contributed by atoms with van der Waals surface area (Å²) < 4.78 is 4.65. The molecule has 0 saturated heterocycles. The van der Waals surface area contributed by atoms with Crippen molar-refractivity contribution in [1.82, 2.24) is 19.6 Å². The second kappa shape index (κ2) is 13.3. The van der Waals surface area contributed by atoms with Crippen molar-refractivity contribution in [2.45, 2.75) is 0 Å². The molecule has 4 nitrogen and oxygen atoms in total. The molecular weight excluding hydrogens is 701 g/mol. The Balaban J connectivity index is 1.13. The maximum Gasteiger partial charge on any atom is 0.160 e. The lowest BCUT2D eigenvalue weighted by Crippen LogP contribution is -1.96. The minimum atomic E-state index is 0.697. The van der Waals surface area contributed by atoms with Gasteiger partial charge in [-0.25, -0.2) is 14.5 Å². The van der Waals surface area contributed by atoms with E-state index in [0.717, 1.165) is 72.6 Å². The highest BCUT2D eigenvalue weighted by Gasteiger charge is 2.22. The summed E-state index contributed by atoms with van der Waals surface area (Å²) in [5.41, 5.74) is 12.2. The first-order valence-corrected chi connectivity index (χ1v) is 19.6. The van der Waals surface area contributed by atoms with Gasteiger partial charge in [0.25, 0.3) is 0 Å². The Morgan fingerprint density at radius 3 is 1.79 bits per heavy atom. The van der Waals surface area contributed by atoms with E-state index in [1.165, 1.54) is 25.6 Å². The Kier molecular flexibility index (Phi) is 7.64. The van der Waals surface area contributed by atoms with Crippen LogP contribution in [0.15, 0.2) is 194 Å². The molecule has 56 heavy (non-hydrogen) atoms. The molecule has 4 aromatic heterocycles. The van der Waals surface area contributed by atoms with Gasteiger partial charge < -0.3 is 0 Å². The molecule has 0 amide bonds. The molecule has 11 aromatic rings. The van der Waals surface area contributed by atoms with Gasteiger partial charge in [0.2, 0.25) is 0 Å². The van der Waals surface area contributed by atoms with Crippen molar-refractivity contribution < 1.29 is 0 Å². The van der Waals surface area contributed by atoms with E-state index in [0.29, 0.717) is 5.82 Å². The quantitative estimate of drug-likeness (QED) is 0.171. The average molecular weight is 733 g/mol. The lowest BCUT2D eigenvalue weighted by Gasteiger charge is -2.11. The van der Waals surface area contributed by atoms with E-state index < -0.39 is 0 Å². The summed E-state index contributed by atoms with van der Waals surface area (Å²) in [6.07, 6.45) is 0. The molecule has 4 heterocycles. The highest BCUT2D eigenvalue weighted by molar-refractivity contribution is 7.25. The van der Waals surface area contributed by atoms with Crippen molar-refractivity contribution >= 4 is 47.8 Å². The molecular formula is C51H32N4S. The SMILES string of the molecule is c1ccc(-c2cc(-c3cccc(-c4nn5c(-c6ccccc6)cc6ccccc6c5c4-c4ccccc4)c3)nc(-c3ccc4c(c3)sc3ccccc34)n2)cc1. The number of benzene rings is 7. The topological polar surface area (TPSA) is 43.1 Å². The molecule has 0 fully saturated rings. The fourth-order valence-electron chi connectivity index (χ4n) is 7.95. The summed E-state index contributed by atoms with van der Waals surface area (Å²) in [5.74, 6) is 0.697. The van der Waals surface area contributed by atoms with Crippen LogP contribution < -0.4 is 0 Å². The Morgan fingerprint density at radius 2 is 1.00 bits per heavy atom. The third kappa shape index (κ3) is 5.48. The lowest BCUT2D eigenvalue weighted by molar-refractivity contribution is 0.979. The predicted molar refractivity (Wildman–Crippen MR) is 234 cm³/mol. The number of pyridine rings is 1. The molecule has 0 N–H and O–H groups in total. The van der Waals surface area contributed by atoms with Crippen LogP contribution in [0.4, 0.5) is 0 Å². The fraction of sp³-hybridized carbons (Fsp3) is 0. The van der Waals surface area contributed by atoms with Crippen molar-refractivity contribution in [3.8, 4) is 67.5 Å². The fourth-order valence-corrected chi connectivity index (χ4v) is 9.10. The largest absolute Gasteiger partial charge is 0.231 e. The van der Waals surface area contributed by atoms with Gasteiger partial charge >= 0.3 is 0 Å². The number of thiophene rings is 1. The van der Waals surface area contributed by atoms with Crippen molar-refractivity contribution in [3.63, 3.8) is 0 Å². The number of rotatable bonds is 6. The van der Waals surface area contributed by atoms with Crippen molar-refractivity contribution in [3.05, 3.63) is 194 Å². The van der Waals surface area contributed by atoms with Crippen molar-refractivity contribution in [1.29, 1.82) is 0 Å². The Hall–Kier alpha value is -7.21. The summed E-state index contributed by atoms with van der Waals surface area (Å²) in [6.45, 7) is 0. The van der Waals surface area contributed by atoms with E-state index >= 15 is 0 Å². The molecule has 0 radical (unpaired) electrons. The first kappa shape index (κ1) is 32.2. The van der Waals surface area contributed by atoms with Gasteiger partial charge in [0.15, 0.2) is 5.82 Å². The first-order chi connectivity index (χ1) is 27.7. The normalized spacial score (nSPS) is 11.6. The van der Waals surface area contributed by atoms with Crippen LogP contribution in [0, 0.1) is 0 Å². The lowest BCUT2D eigenvalue weighted by atomic mass is 9.95. The van der Waals surface area contributed by atoms with Crippen molar-refractivity contribution in [2.24, 2.45) is 0 Å². The Labute approximate surface area is 327 Å². The summed E-state index contributed by atoms with van der Waals surface area (Å²) in [7, 11) is 0. The van der Waals surface area contributed by atoms with Gasteiger partial charge in [0.05, 0.1) is 22.6 Å². The predicted octanol–water partition coefficient (Wildman–Crippen LogP) is 13.6. The zero-order valence-corrected chi connectivity index (χ0v) is 31.0. The van der Waals surface area contributed by atoms with E-state index in [4.69, 9.17) is 15.1 Å². The molecule has 7 aromatic carbocycles. The summed E-state index contributed by atoms with van der Waals surface area (Å²) >= 11 is 1.81. The molecule has 0 unspecified atom stereocenters. The van der Waals surface area contributed by atoms with E-state index in [2.05, 4.69) is 193 Å². The molecule has 0 bridgehead atoms. The van der Waals surface area contributed by atoms with Gasteiger partial charge in [-0.1, -0.05) is 164 Å². The maximum atomic E-state index is 5.48. The third-order valence-corrected chi connectivity index (χ3v) is 11.8. The van der Waals surface area contributed by atoms with Crippen LogP contribution in [-0.2, 0) is 0 Å². The molecule has 0 aliphatic heterocycles. The van der Waals surface area contributed by atoms with Gasteiger partial charge in [-0.3, -0.25) is 0 Å². The van der Waals surface area contributed by atoms with Gasteiger partial charge in [-0.05, 0) is 41.3 Å². The zero-order valence-electron chi connectivity index (χ0n) is 30.2. The number of aromatic nitrogens is 4. The summed E-state index contributed by atoms with van der Waals surface area (Å²) in [6, 6.07) is 68.4. The molecule has 0 atom stereocenters. The van der Waals surface area contributed by atoms with E-state index in [-0.39, 0.29) is 0 Å². The monoisotopic (exact) mass is 732 g/mol. The Morgan fingerprint density at radius 1 is 0.393 bits per heavy atom. The molecule has 0 aliphatic carbocycles. The van der Waals surface area contributed by atoms with Gasteiger partial charge in [0.1, 0.15) is 5.69 Å². The summed E-state index contributed by atoms with van der Waals surface area (Å²) in [4.78, 5) is 10.4. The van der Waals surface area contributed by atoms with Crippen LogP contribution in [0.1, 0.15) is 0 Å². The molecule has 0 aliphatic rings. The number of fused-ring (bicyclic) bond motifs is 6. The van der Waals surface area contributed by atoms with Crippen LogP contribution in [0.3, 0.4) is 0 Å². The zero-order chi connectivity index (χ0) is 37.0. The first-order valence-electron chi connectivity index (χ1n) is 18.8. The Bertz CT molecular complexity index is 3240. The van der Waals surface area contributed by atoms with E-state index in [9.17, 15) is 0 Å². The highest BCUT2D eigenvalue weighted by Crippen LogP contribution is 2.42. The molecule has 262 valence electrons. The number of hydrogen-bond donors (Lipinski definition) is 0.